The molecule has 2 nitrogen and oxygen atoms in total. The molecule has 0 saturated carbocycles. The van der Waals surface area contributed by atoms with E-state index < -0.39 is 5.60 Å². The lowest BCUT2D eigenvalue weighted by molar-refractivity contribution is -0.153. The highest BCUT2D eigenvalue weighted by Gasteiger charge is 2.48. The summed E-state index contributed by atoms with van der Waals surface area (Å²) in [7, 11) is 0. The number of rotatable bonds is 0. The summed E-state index contributed by atoms with van der Waals surface area (Å²) in [6, 6.07) is 0. The molecule has 2 aliphatic rings. The van der Waals surface area contributed by atoms with Crippen LogP contribution in [0, 0.1) is 5.41 Å². The number of fused-ring (bicyclic) bond motifs is 2. The van der Waals surface area contributed by atoms with Crippen LogP contribution in [0.15, 0.2) is 12.2 Å². The number of hydrogen-bond donors (Lipinski definition) is 1. The first-order valence-corrected chi connectivity index (χ1v) is 4.97. The average molecular weight is 182 g/mol. The van der Waals surface area contributed by atoms with Crippen LogP contribution in [-0.4, -0.2) is 22.9 Å². The minimum atomic E-state index is -0.565. The zero-order valence-corrected chi connectivity index (χ0v) is 8.58. The summed E-state index contributed by atoms with van der Waals surface area (Å²) in [6.07, 6.45) is 5.92. The molecule has 2 heterocycles. The van der Waals surface area contributed by atoms with E-state index in [0.717, 1.165) is 12.8 Å². The highest BCUT2D eigenvalue weighted by molar-refractivity contribution is 5.13. The summed E-state index contributed by atoms with van der Waals surface area (Å²) >= 11 is 0. The average Bonchev–Trinajstić information content (AvgIpc) is 2.28. The monoisotopic (exact) mass is 182 g/mol. The van der Waals surface area contributed by atoms with Gasteiger partial charge < -0.3 is 9.84 Å². The maximum Gasteiger partial charge on any atom is 0.0792 e. The quantitative estimate of drug-likeness (QED) is 0.580. The summed E-state index contributed by atoms with van der Waals surface area (Å²) in [5.41, 5.74) is -0.622. The largest absolute Gasteiger partial charge is 0.389 e. The number of ether oxygens (including phenoxy) is 1. The van der Waals surface area contributed by atoms with Gasteiger partial charge in [0.25, 0.3) is 0 Å². The van der Waals surface area contributed by atoms with Gasteiger partial charge in [-0.05, 0) is 5.41 Å². The van der Waals surface area contributed by atoms with E-state index in [-0.39, 0.29) is 17.6 Å². The first-order chi connectivity index (χ1) is 5.91. The molecule has 0 spiro atoms. The van der Waals surface area contributed by atoms with Crippen LogP contribution >= 0.6 is 0 Å². The van der Waals surface area contributed by atoms with E-state index in [4.69, 9.17) is 4.74 Å². The highest BCUT2D eigenvalue weighted by Crippen LogP contribution is 2.44. The van der Waals surface area contributed by atoms with Crippen LogP contribution in [0.1, 0.15) is 33.6 Å². The molecule has 0 amide bonds. The Morgan fingerprint density at radius 1 is 1.23 bits per heavy atom. The summed E-state index contributed by atoms with van der Waals surface area (Å²) in [5, 5.41) is 10.5. The molecule has 74 valence electrons. The molecular formula is C11H18O2. The van der Waals surface area contributed by atoms with Crippen molar-refractivity contribution >= 4 is 0 Å². The standard InChI is InChI=1S/C11H18O2/c1-10(2,3)11(12)6-8-4-5-9(7-11)13-8/h4-5,8-9,12H,6-7H2,1-3H3/t8-,9?,11?/m0/s1. The van der Waals surface area contributed by atoms with Crippen molar-refractivity contribution in [2.45, 2.75) is 51.4 Å². The van der Waals surface area contributed by atoms with E-state index in [1.807, 2.05) is 0 Å². The molecule has 2 heteroatoms. The minimum Gasteiger partial charge on any atom is -0.389 e. The van der Waals surface area contributed by atoms with Gasteiger partial charge in [0.05, 0.1) is 17.8 Å². The van der Waals surface area contributed by atoms with Gasteiger partial charge in [-0.1, -0.05) is 32.9 Å². The molecule has 2 unspecified atom stereocenters. The molecular weight excluding hydrogens is 164 g/mol. The Morgan fingerprint density at radius 2 is 1.69 bits per heavy atom. The van der Waals surface area contributed by atoms with Crippen LogP contribution in [0.2, 0.25) is 0 Å². The van der Waals surface area contributed by atoms with Crippen LogP contribution in [0.25, 0.3) is 0 Å². The summed E-state index contributed by atoms with van der Waals surface area (Å²) in [5.74, 6) is 0. The van der Waals surface area contributed by atoms with Gasteiger partial charge in [0.15, 0.2) is 0 Å². The Kier molecular flexibility index (Phi) is 1.83. The molecule has 3 atom stereocenters. The van der Waals surface area contributed by atoms with E-state index >= 15 is 0 Å². The van der Waals surface area contributed by atoms with Crippen LogP contribution in [-0.2, 0) is 4.74 Å². The van der Waals surface area contributed by atoms with E-state index in [9.17, 15) is 5.11 Å². The molecule has 0 aromatic heterocycles. The van der Waals surface area contributed by atoms with Gasteiger partial charge in [0, 0.05) is 12.8 Å². The fourth-order valence-corrected chi connectivity index (χ4v) is 2.16. The normalized spacial score (nSPS) is 44.0. The van der Waals surface area contributed by atoms with Crippen LogP contribution in [0.3, 0.4) is 0 Å². The summed E-state index contributed by atoms with van der Waals surface area (Å²) in [6.45, 7) is 6.28. The van der Waals surface area contributed by atoms with Gasteiger partial charge in [-0.25, -0.2) is 0 Å². The van der Waals surface area contributed by atoms with Gasteiger partial charge in [0.2, 0.25) is 0 Å². The molecule has 0 aliphatic carbocycles. The third kappa shape index (κ3) is 1.42. The third-order valence-electron chi connectivity index (χ3n) is 3.36. The van der Waals surface area contributed by atoms with Crippen LogP contribution < -0.4 is 0 Å². The van der Waals surface area contributed by atoms with Gasteiger partial charge in [-0.15, -0.1) is 0 Å². The first kappa shape index (κ1) is 9.22. The Hall–Kier alpha value is -0.340. The van der Waals surface area contributed by atoms with Crippen molar-refractivity contribution in [2.24, 2.45) is 5.41 Å². The maximum atomic E-state index is 10.5. The molecule has 2 aliphatic heterocycles. The van der Waals surface area contributed by atoms with Crippen molar-refractivity contribution < 1.29 is 9.84 Å². The Balaban J connectivity index is 2.19. The molecule has 1 fully saturated rings. The lowest BCUT2D eigenvalue weighted by Gasteiger charge is -2.45. The van der Waals surface area contributed by atoms with Crippen LogP contribution in [0.5, 0.6) is 0 Å². The van der Waals surface area contributed by atoms with Crippen LogP contribution in [0.4, 0.5) is 0 Å². The van der Waals surface area contributed by atoms with Crippen molar-refractivity contribution in [3.05, 3.63) is 12.2 Å². The molecule has 1 saturated heterocycles. The molecule has 0 radical (unpaired) electrons. The molecule has 2 rings (SSSR count). The van der Waals surface area contributed by atoms with E-state index in [0.29, 0.717) is 0 Å². The summed E-state index contributed by atoms with van der Waals surface area (Å²) in [4.78, 5) is 0. The molecule has 0 aromatic carbocycles. The zero-order chi connectivity index (χ0) is 9.69. The molecule has 0 aromatic rings. The van der Waals surface area contributed by atoms with Crippen molar-refractivity contribution in [1.29, 1.82) is 0 Å². The van der Waals surface area contributed by atoms with Gasteiger partial charge in [-0.3, -0.25) is 0 Å². The van der Waals surface area contributed by atoms with Gasteiger partial charge in [0.1, 0.15) is 0 Å². The Bertz CT molecular complexity index is 223. The van der Waals surface area contributed by atoms with Crippen molar-refractivity contribution in [3.63, 3.8) is 0 Å². The predicted octanol–water partition coefficient (Wildman–Crippen LogP) is 1.88. The summed E-state index contributed by atoms with van der Waals surface area (Å²) < 4.78 is 5.62. The van der Waals surface area contributed by atoms with Crippen molar-refractivity contribution in [2.75, 3.05) is 0 Å². The Morgan fingerprint density at radius 3 is 2.08 bits per heavy atom. The SMILES string of the molecule is CC(C)(C)C1(O)CC2C=C[C@@H](C1)O2. The lowest BCUT2D eigenvalue weighted by atomic mass is 9.70. The van der Waals surface area contributed by atoms with Gasteiger partial charge in [-0.2, -0.15) is 0 Å². The molecule has 1 N–H and O–H groups in total. The third-order valence-corrected chi connectivity index (χ3v) is 3.36. The molecule has 2 bridgehead atoms. The minimum absolute atomic E-state index is 0.0562. The van der Waals surface area contributed by atoms with E-state index in [1.165, 1.54) is 0 Å². The zero-order valence-electron chi connectivity index (χ0n) is 8.58. The van der Waals surface area contributed by atoms with Crippen molar-refractivity contribution in [3.8, 4) is 0 Å². The fourth-order valence-electron chi connectivity index (χ4n) is 2.16. The second-order valence-electron chi connectivity index (χ2n) is 5.29. The smallest absolute Gasteiger partial charge is 0.0792 e. The topological polar surface area (TPSA) is 29.5 Å². The fraction of sp³-hybridized carbons (Fsp3) is 0.818. The van der Waals surface area contributed by atoms with E-state index in [1.54, 1.807) is 0 Å². The van der Waals surface area contributed by atoms with E-state index in [2.05, 4.69) is 32.9 Å². The lowest BCUT2D eigenvalue weighted by Crippen LogP contribution is -2.50. The van der Waals surface area contributed by atoms with Crippen molar-refractivity contribution in [1.82, 2.24) is 0 Å². The number of aliphatic hydroxyl groups is 1. The predicted molar refractivity (Wildman–Crippen MR) is 51.4 cm³/mol. The van der Waals surface area contributed by atoms with Gasteiger partial charge >= 0.3 is 0 Å². The highest BCUT2D eigenvalue weighted by atomic mass is 16.5. The second-order valence-corrected chi connectivity index (χ2v) is 5.29. The first-order valence-electron chi connectivity index (χ1n) is 4.97. The Labute approximate surface area is 79.6 Å². The number of hydrogen-bond acceptors (Lipinski definition) is 2. The maximum absolute atomic E-state index is 10.5. The second kappa shape index (κ2) is 2.58. The molecule has 13 heavy (non-hydrogen) atoms.